The van der Waals surface area contributed by atoms with Crippen LogP contribution < -0.4 is 16.2 Å². The number of ether oxygens (including phenoxy) is 1. The van der Waals surface area contributed by atoms with Gasteiger partial charge in [0.1, 0.15) is 5.02 Å². The first-order valence-electron chi connectivity index (χ1n) is 10.8. The number of rotatable bonds is 7. The van der Waals surface area contributed by atoms with Gasteiger partial charge < -0.3 is 19.9 Å². The molecule has 0 aliphatic rings. The summed E-state index contributed by atoms with van der Waals surface area (Å²) >= 11 is 6.41. The van der Waals surface area contributed by atoms with E-state index in [1.807, 2.05) is 52.0 Å². The van der Waals surface area contributed by atoms with Crippen molar-refractivity contribution in [3.63, 3.8) is 0 Å². The van der Waals surface area contributed by atoms with E-state index in [2.05, 4.69) is 25.7 Å². The zero-order valence-corrected chi connectivity index (χ0v) is 20.9. The second-order valence-electron chi connectivity index (χ2n) is 8.96. The van der Waals surface area contributed by atoms with Crippen molar-refractivity contribution < 1.29 is 4.74 Å². The van der Waals surface area contributed by atoms with Crippen LogP contribution in [0.5, 0.6) is 0 Å². The van der Waals surface area contributed by atoms with E-state index in [1.54, 1.807) is 35.7 Å². The minimum Gasteiger partial charge on any atom is -0.382 e. The van der Waals surface area contributed by atoms with E-state index in [0.717, 1.165) is 33.7 Å². The highest BCUT2D eigenvalue weighted by atomic mass is 35.5. The quantitative estimate of drug-likeness (QED) is 0.404. The van der Waals surface area contributed by atoms with Gasteiger partial charge in [-0.25, -0.2) is 9.67 Å². The van der Waals surface area contributed by atoms with Crippen LogP contribution in [0, 0.1) is 13.8 Å². The van der Waals surface area contributed by atoms with Crippen molar-refractivity contribution in [2.45, 2.75) is 33.2 Å². The van der Waals surface area contributed by atoms with Crippen molar-refractivity contribution in [3.05, 3.63) is 63.3 Å². The van der Waals surface area contributed by atoms with Crippen molar-refractivity contribution in [3.8, 4) is 5.95 Å². The van der Waals surface area contributed by atoms with Crippen molar-refractivity contribution in [1.82, 2.24) is 24.3 Å². The van der Waals surface area contributed by atoms with Gasteiger partial charge in [0.05, 0.1) is 29.6 Å². The Morgan fingerprint density at radius 3 is 2.62 bits per heavy atom. The molecule has 0 bridgehead atoms. The van der Waals surface area contributed by atoms with Crippen LogP contribution in [-0.4, -0.2) is 43.6 Å². The number of aryl methyl sites for hydroxylation is 3. The highest BCUT2D eigenvalue weighted by Gasteiger charge is 2.20. The zero-order chi connectivity index (χ0) is 24.6. The molecule has 0 saturated carbocycles. The van der Waals surface area contributed by atoms with Gasteiger partial charge in [-0.15, -0.1) is 0 Å². The van der Waals surface area contributed by atoms with Gasteiger partial charge in [-0.05, 0) is 52.0 Å². The maximum absolute atomic E-state index is 12.6. The van der Waals surface area contributed by atoms with Crippen molar-refractivity contribution in [2.24, 2.45) is 7.05 Å². The highest BCUT2D eigenvalue weighted by Crippen LogP contribution is 2.30. The molecule has 0 fully saturated rings. The van der Waals surface area contributed by atoms with E-state index in [1.165, 1.54) is 0 Å². The number of anilines is 3. The van der Waals surface area contributed by atoms with Gasteiger partial charge in [0.15, 0.2) is 5.82 Å². The first-order chi connectivity index (χ1) is 16.1. The predicted molar refractivity (Wildman–Crippen MR) is 136 cm³/mol. The molecule has 4 aromatic rings. The summed E-state index contributed by atoms with van der Waals surface area (Å²) in [4.78, 5) is 21.5. The third-order valence-electron chi connectivity index (χ3n) is 5.42. The van der Waals surface area contributed by atoms with Crippen LogP contribution in [0.25, 0.3) is 16.9 Å². The molecule has 10 heteroatoms. The molecule has 3 aromatic heterocycles. The Hall–Kier alpha value is -3.43. The van der Waals surface area contributed by atoms with Crippen LogP contribution in [-0.2, 0) is 11.8 Å². The number of pyridine rings is 1. The first-order valence-corrected chi connectivity index (χ1v) is 11.2. The third-order valence-corrected chi connectivity index (χ3v) is 5.69. The number of benzene rings is 1. The van der Waals surface area contributed by atoms with Crippen LogP contribution in [0.1, 0.15) is 25.2 Å². The number of hydrogen-bond acceptors (Lipinski definition) is 7. The summed E-state index contributed by atoms with van der Waals surface area (Å²) in [5.41, 5.74) is 3.61. The number of nitrogens with zero attached hydrogens (tertiary/aromatic N) is 5. The number of nitrogens with one attached hydrogen (secondary N) is 2. The lowest BCUT2D eigenvalue weighted by Gasteiger charge is -2.27. The second kappa shape index (κ2) is 9.08. The number of fused-ring (bicyclic) bond motifs is 1. The van der Waals surface area contributed by atoms with Gasteiger partial charge in [0.25, 0.3) is 11.5 Å². The predicted octanol–water partition coefficient (Wildman–Crippen LogP) is 4.36. The summed E-state index contributed by atoms with van der Waals surface area (Å²) < 4.78 is 8.61. The van der Waals surface area contributed by atoms with Crippen molar-refractivity contribution in [1.29, 1.82) is 0 Å². The minimum absolute atomic E-state index is 0.0997. The third kappa shape index (κ3) is 4.76. The van der Waals surface area contributed by atoms with Crippen molar-refractivity contribution in [2.75, 3.05) is 24.4 Å². The van der Waals surface area contributed by atoms with Gasteiger partial charge in [-0.3, -0.25) is 4.79 Å². The lowest BCUT2D eigenvalue weighted by molar-refractivity contribution is 0.158. The number of halogens is 1. The highest BCUT2D eigenvalue weighted by molar-refractivity contribution is 6.32. The topological polar surface area (TPSA) is 98.9 Å². The molecule has 4 rings (SSSR count). The Morgan fingerprint density at radius 1 is 1.18 bits per heavy atom. The van der Waals surface area contributed by atoms with Crippen LogP contribution >= 0.6 is 11.6 Å². The fourth-order valence-corrected chi connectivity index (χ4v) is 4.06. The molecule has 0 unspecified atom stereocenters. The van der Waals surface area contributed by atoms with E-state index in [0.29, 0.717) is 23.4 Å². The lowest BCUT2D eigenvalue weighted by atomic mass is 10.0. The lowest BCUT2D eigenvalue weighted by Crippen LogP contribution is -2.36. The van der Waals surface area contributed by atoms with Gasteiger partial charge in [0.2, 0.25) is 0 Å². The average Bonchev–Trinajstić information content (AvgIpc) is 3.11. The minimum atomic E-state index is -0.373. The van der Waals surface area contributed by atoms with E-state index < -0.39 is 0 Å². The monoisotopic (exact) mass is 481 g/mol. The van der Waals surface area contributed by atoms with E-state index >= 15 is 0 Å². The number of aromatic nitrogens is 5. The number of hydrogen-bond donors (Lipinski definition) is 2. The fraction of sp³-hybridized carbons (Fsp3) is 0.333. The second-order valence-corrected chi connectivity index (χ2v) is 9.37. The zero-order valence-electron chi connectivity index (χ0n) is 20.1. The molecule has 1 aromatic carbocycles. The molecule has 3 heterocycles. The molecule has 0 aliphatic carbocycles. The largest absolute Gasteiger partial charge is 0.382 e. The first kappa shape index (κ1) is 23.7. The van der Waals surface area contributed by atoms with Crippen LogP contribution in [0.4, 0.5) is 17.2 Å². The summed E-state index contributed by atoms with van der Waals surface area (Å²) in [5.74, 6) is 0.877. The molecule has 0 aliphatic heterocycles. The summed E-state index contributed by atoms with van der Waals surface area (Å²) in [6.07, 6.45) is 1.55. The normalized spacial score (nSPS) is 11.7. The molecule has 178 valence electrons. The van der Waals surface area contributed by atoms with Gasteiger partial charge in [0, 0.05) is 42.7 Å². The van der Waals surface area contributed by atoms with E-state index in [9.17, 15) is 4.79 Å². The maximum atomic E-state index is 12.6. The van der Waals surface area contributed by atoms with E-state index in [4.69, 9.17) is 16.3 Å². The molecule has 0 saturated heterocycles. The standard InChI is InChI=1S/C24H28ClN7O2/c1-14-9-15(2)32(30-14)23-26-12-18(25)22(28-23)27-16-7-8-20-17(10-16)19(11-21(33)31(20)5)29-24(3,4)13-34-6/h7-12,29H,13H2,1-6H3,(H,26,27,28). The smallest absolute Gasteiger partial charge is 0.252 e. The summed E-state index contributed by atoms with van der Waals surface area (Å²) in [6.45, 7) is 8.37. The molecular formula is C24H28ClN7O2. The number of methoxy groups -OCH3 is 1. The molecule has 0 spiro atoms. The summed E-state index contributed by atoms with van der Waals surface area (Å²) in [5, 5.41) is 12.4. The average molecular weight is 482 g/mol. The van der Waals surface area contributed by atoms with Gasteiger partial charge in [-0.2, -0.15) is 10.1 Å². The van der Waals surface area contributed by atoms with Crippen LogP contribution in [0.3, 0.4) is 0 Å². The van der Waals surface area contributed by atoms with E-state index in [-0.39, 0.29) is 11.1 Å². The van der Waals surface area contributed by atoms with Gasteiger partial charge in [-0.1, -0.05) is 11.6 Å². The Kier molecular flexibility index (Phi) is 6.33. The molecule has 0 radical (unpaired) electrons. The Labute approximate surface area is 202 Å². The maximum Gasteiger partial charge on any atom is 0.252 e. The molecular weight excluding hydrogens is 454 g/mol. The SMILES string of the molecule is COCC(C)(C)Nc1cc(=O)n(C)c2ccc(Nc3nc(-n4nc(C)cc4C)ncc3Cl)cc12. The fourth-order valence-electron chi connectivity index (χ4n) is 3.92. The molecule has 34 heavy (non-hydrogen) atoms. The molecule has 2 N–H and O–H groups in total. The Morgan fingerprint density at radius 2 is 1.94 bits per heavy atom. The Balaban J connectivity index is 1.75. The molecule has 0 amide bonds. The molecule has 9 nitrogen and oxygen atoms in total. The van der Waals surface area contributed by atoms with Gasteiger partial charge >= 0.3 is 0 Å². The van der Waals surface area contributed by atoms with Crippen LogP contribution in [0.15, 0.2) is 41.3 Å². The molecule has 0 atom stereocenters. The van der Waals surface area contributed by atoms with Crippen LogP contribution in [0.2, 0.25) is 5.02 Å². The van der Waals surface area contributed by atoms with Crippen molar-refractivity contribution >= 4 is 39.7 Å². The summed E-state index contributed by atoms with van der Waals surface area (Å²) in [7, 11) is 3.41. The summed E-state index contributed by atoms with van der Waals surface area (Å²) in [6, 6.07) is 9.29. The Bertz CT molecular complexity index is 1430.